The number of hydrogen-bond donors (Lipinski definition) is 1. The van der Waals surface area contributed by atoms with Gasteiger partial charge in [0.2, 0.25) is 0 Å². The van der Waals surface area contributed by atoms with Crippen LogP contribution in [0.3, 0.4) is 0 Å². The van der Waals surface area contributed by atoms with Gasteiger partial charge in [0.15, 0.2) is 5.60 Å². The van der Waals surface area contributed by atoms with Gasteiger partial charge in [-0.05, 0) is 42.5 Å². The summed E-state index contributed by atoms with van der Waals surface area (Å²) in [6.45, 7) is 7.81. The summed E-state index contributed by atoms with van der Waals surface area (Å²) >= 11 is 0. The number of fused-ring (bicyclic) bond motifs is 1. The quantitative estimate of drug-likeness (QED) is 0.853. The molecular formula is C21H23NO3. The van der Waals surface area contributed by atoms with Crippen LogP contribution in [-0.2, 0) is 16.0 Å². The summed E-state index contributed by atoms with van der Waals surface area (Å²) in [4.78, 5) is 25.3. The normalized spacial score (nSPS) is 19.3. The molecule has 1 aliphatic rings. The SMILES string of the molecule is Cc1cccc(C(C)C)c1NC(=O)C1(C)Cc2ccccc2C(=O)O1. The number of amides is 1. The van der Waals surface area contributed by atoms with Crippen molar-refractivity contribution in [2.45, 2.75) is 45.6 Å². The molecule has 4 heteroatoms. The molecule has 2 aromatic rings. The topological polar surface area (TPSA) is 55.4 Å². The Morgan fingerprint density at radius 2 is 1.88 bits per heavy atom. The Kier molecular flexibility index (Phi) is 4.38. The van der Waals surface area contributed by atoms with Gasteiger partial charge in [0.1, 0.15) is 0 Å². The number of hydrogen-bond acceptors (Lipinski definition) is 3. The van der Waals surface area contributed by atoms with Crippen LogP contribution in [0.2, 0.25) is 0 Å². The van der Waals surface area contributed by atoms with Crippen LogP contribution >= 0.6 is 0 Å². The fourth-order valence-corrected chi connectivity index (χ4v) is 3.25. The van der Waals surface area contributed by atoms with Gasteiger partial charge in [-0.2, -0.15) is 0 Å². The first-order chi connectivity index (χ1) is 11.8. The number of nitrogens with one attached hydrogen (secondary N) is 1. The van der Waals surface area contributed by atoms with Crippen LogP contribution in [0.5, 0.6) is 0 Å². The molecule has 1 heterocycles. The molecule has 0 radical (unpaired) electrons. The van der Waals surface area contributed by atoms with E-state index in [1.807, 2.05) is 37.3 Å². The Balaban J connectivity index is 1.91. The van der Waals surface area contributed by atoms with E-state index in [9.17, 15) is 9.59 Å². The summed E-state index contributed by atoms with van der Waals surface area (Å²) < 4.78 is 5.52. The average molecular weight is 337 g/mol. The first kappa shape index (κ1) is 17.2. The molecule has 1 unspecified atom stereocenters. The molecule has 130 valence electrons. The second-order valence-corrected chi connectivity index (χ2v) is 7.10. The largest absolute Gasteiger partial charge is 0.445 e. The molecule has 1 amide bonds. The van der Waals surface area contributed by atoms with Crippen molar-refractivity contribution in [3.63, 3.8) is 0 Å². The van der Waals surface area contributed by atoms with Gasteiger partial charge in [-0.1, -0.05) is 50.2 Å². The van der Waals surface area contributed by atoms with Crippen molar-refractivity contribution < 1.29 is 14.3 Å². The number of para-hydroxylation sites is 1. The van der Waals surface area contributed by atoms with Crippen LogP contribution in [0.25, 0.3) is 0 Å². The van der Waals surface area contributed by atoms with Crippen LogP contribution in [-0.4, -0.2) is 17.5 Å². The van der Waals surface area contributed by atoms with Crippen LogP contribution in [0.1, 0.15) is 53.7 Å². The number of ether oxygens (including phenoxy) is 1. The number of cyclic esters (lactones) is 1. The third-order valence-electron chi connectivity index (χ3n) is 4.73. The Hall–Kier alpha value is -2.62. The molecule has 0 fully saturated rings. The van der Waals surface area contributed by atoms with Crippen molar-refractivity contribution in [2.24, 2.45) is 0 Å². The van der Waals surface area contributed by atoms with Gasteiger partial charge in [0, 0.05) is 12.1 Å². The molecule has 0 aromatic heterocycles. The number of anilines is 1. The van der Waals surface area contributed by atoms with Gasteiger partial charge in [0.25, 0.3) is 5.91 Å². The van der Waals surface area contributed by atoms with E-state index >= 15 is 0 Å². The number of rotatable bonds is 3. The van der Waals surface area contributed by atoms with E-state index in [1.165, 1.54) is 0 Å². The Morgan fingerprint density at radius 3 is 2.60 bits per heavy atom. The number of carbonyl (C=O) groups excluding carboxylic acids is 2. The number of benzene rings is 2. The molecule has 2 aromatic carbocycles. The van der Waals surface area contributed by atoms with Crippen molar-refractivity contribution in [1.82, 2.24) is 0 Å². The Labute approximate surface area is 148 Å². The molecule has 0 spiro atoms. The van der Waals surface area contributed by atoms with E-state index in [-0.39, 0.29) is 11.8 Å². The molecule has 0 saturated carbocycles. The zero-order valence-corrected chi connectivity index (χ0v) is 15.1. The van der Waals surface area contributed by atoms with Gasteiger partial charge in [-0.25, -0.2) is 4.79 Å². The third kappa shape index (κ3) is 3.16. The number of aryl methyl sites for hydroxylation is 1. The van der Waals surface area contributed by atoms with E-state index in [4.69, 9.17) is 4.74 Å². The van der Waals surface area contributed by atoms with Crippen molar-refractivity contribution in [3.05, 3.63) is 64.7 Å². The Bertz CT molecular complexity index is 841. The van der Waals surface area contributed by atoms with Gasteiger partial charge in [-0.3, -0.25) is 4.79 Å². The first-order valence-electron chi connectivity index (χ1n) is 8.54. The summed E-state index contributed by atoms with van der Waals surface area (Å²) in [5.41, 5.74) is 3.02. The minimum absolute atomic E-state index is 0.276. The molecule has 1 atom stereocenters. The lowest BCUT2D eigenvalue weighted by Crippen LogP contribution is -2.49. The second kappa shape index (κ2) is 6.36. The lowest BCUT2D eigenvalue weighted by Gasteiger charge is -2.33. The maximum absolute atomic E-state index is 13.0. The van der Waals surface area contributed by atoms with Crippen molar-refractivity contribution >= 4 is 17.6 Å². The highest BCUT2D eigenvalue weighted by molar-refractivity contribution is 6.03. The minimum Gasteiger partial charge on any atom is -0.445 e. The van der Waals surface area contributed by atoms with Crippen LogP contribution in [0, 0.1) is 6.92 Å². The van der Waals surface area contributed by atoms with Crippen molar-refractivity contribution in [3.8, 4) is 0 Å². The predicted molar refractivity (Wildman–Crippen MR) is 97.9 cm³/mol. The average Bonchev–Trinajstić information content (AvgIpc) is 2.56. The van der Waals surface area contributed by atoms with Gasteiger partial charge in [-0.15, -0.1) is 0 Å². The molecular weight excluding hydrogens is 314 g/mol. The summed E-state index contributed by atoms with van der Waals surface area (Å²) in [5.74, 6) is -0.474. The second-order valence-electron chi connectivity index (χ2n) is 7.10. The van der Waals surface area contributed by atoms with Gasteiger partial charge < -0.3 is 10.1 Å². The summed E-state index contributed by atoms with van der Waals surface area (Å²) in [7, 11) is 0. The molecule has 0 saturated heterocycles. The lowest BCUT2D eigenvalue weighted by atomic mass is 9.89. The van der Waals surface area contributed by atoms with Crippen molar-refractivity contribution in [2.75, 3.05) is 5.32 Å². The van der Waals surface area contributed by atoms with Gasteiger partial charge in [0.05, 0.1) is 5.56 Å². The molecule has 1 N–H and O–H groups in total. The zero-order valence-electron chi connectivity index (χ0n) is 15.1. The Morgan fingerprint density at radius 1 is 1.16 bits per heavy atom. The first-order valence-corrected chi connectivity index (χ1v) is 8.54. The number of carbonyl (C=O) groups is 2. The summed E-state index contributed by atoms with van der Waals surface area (Å²) in [5, 5.41) is 3.01. The number of esters is 1. The highest BCUT2D eigenvalue weighted by Gasteiger charge is 2.42. The van der Waals surface area contributed by atoms with Crippen molar-refractivity contribution in [1.29, 1.82) is 0 Å². The minimum atomic E-state index is -1.22. The maximum atomic E-state index is 13.0. The maximum Gasteiger partial charge on any atom is 0.339 e. The molecule has 3 rings (SSSR count). The van der Waals surface area contributed by atoms with E-state index < -0.39 is 11.6 Å². The standard InChI is InChI=1S/C21H23NO3/c1-13(2)16-11-7-8-14(3)18(16)22-20(24)21(4)12-15-9-5-6-10-17(15)19(23)25-21/h5-11,13H,12H2,1-4H3,(H,22,24). The summed E-state index contributed by atoms with van der Waals surface area (Å²) in [6, 6.07) is 13.2. The highest BCUT2D eigenvalue weighted by atomic mass is 16.6. The summed E-state index contributed by atoms with van der Waals surface area (Å²) in [6.07, 6.45) is 0.365. The van der Waals surface area contributed by atoms with E-state index in [0.29, 0.717) is 12.0 Å². The fourth-order valence-electron chi connectivity index (χ4n) is 3.25. The van der Waals surface area contributed by atoms with Crippen LogP contribution in [0.15, 0.2) is 42.5 Å². The lowest BCUT2D eigenvalue weighted by molar-refractivity contribution is -0.134. The highest BCUT2D eigenvalue weighted by Crippen LogP contribution is 2.32. The molecule has 1 aliphatic heterocycles. The van der Waals surface area contributed by atoms with E-state index in [1.54, 1.807) is 19.1 Å². The smallest absolute Gasteiger partial charge is 0.339 e. The zero-order chi connectivity index (χ0) is 18.2. The molecule has 0 aliphatic carbocycles. The van der Waals surface area contributed by atoms with Gasteiger partial charge >= 0.3 is 5.97 Å². The molecule has 25 heavy (non-hydrogen) atoms. The van der Waals surface area contributed by atoms with Crippen LogP contribution in [0.4, 0.5) is 5.69 Å². The molecule has 4 nitrogen and oxygen atoms in total. The van der Waals surface area contributed by atoms with E-state index in [0.717, 1.165) is 22.4 Å². The predicted octanol–water partition coefficient (Wildman–Crippen LogP) is 4.23. The van der Waals surface area contributed by atoms with E-state index in [2.05, 4.69) is 19.2 Å². The monoisotopic (exact) mass is 337 g/mol. The molecule has 0 bridgehead atoms. The fraction of sp³-hybridized carbons (Fsp3) is 0.333. The third-order valence-corrected chi connectivity index (χ3v) is 4.73. The van der Waals surface area contributed by atoms with Crippen LogP contribution < -0.4 is 5.32 Å².